The summed E-state index contributed by atoms with van der Waals surface area (Å²) in [6.07, 6.45) is 4.79. The van der Waals surface area contributed by atoms with Crippen molar-refractivity contribution in [3.05, 3.63) is 28.6 Å². The number of nitrogens with one attached hydrogen (secondary N) is 1. The van der Waals surface area contributed by atoms with Gasteiger partial charge in [0, 0.05) is 12.3 Å². The lowest BCUT2D eigenvalue weighted by atomic mass is 10.1. The van der Waals surface area contributed by atoms with E-state index >= 15 is 0 Å². The maximum atomic E-state index is 10.7. The van der Waals surface area contributed by atoms with Gasteiger partial charge in [0.1, 0.15) is 6.20 Å². The quantitative estimate of drug-likeness (QED) is 0.618. The number of rotatable bonds is 5. The highest BCUT2D eigenvalue weighted by Crippen LogP contribution is 2.25. The molecule has 6 nitrogen and oxygen atoms in total. The molecule has 92 valence electrons. The summed E-state index contributed by atoms with van der Waals surface area (Å²) in [5, 5.41) is 14.0. The van der Waals surface area contributed by atoms with Crippen molar-refractivity contribution < 1.29 is 9.66 Å². The van der Waals surface area contributed by atoms with Crippen molar-refractivity contribution in [3.8, 4) is 5.75 Å². The summed E-state index contributed by atoms with van der Waals surface area (Å²) in [6, 6.07) is 1.53. The van der Waals surface area contributed by atoms with Gasteiger partial charge in [0.2, 0.25) is 0 Å². The third kappa shape index (κ3) is 3.13. The lowest BCUT2D eigenvalue weighted by Crippen LogP contribution is -2.12. The number of pyridine rings is 1. The second-order valence-electron chi connectivity index (χ2n) is 4.10. The predicted molar refractivity (Wildman–Crippen MR) is 62.0 cm³/mol. The monoisotopic (exact) mass is 237 g/mol. The van der Waals surface area contributed by atoms with Crippen molar-refractivity contribution in [1.82, 2.24) is 10.3 Å². The Hall–Kier alpha value is -1.69. The topological polar surface area (TPSA) is 77.3 Å². The Balaban J connectivity index is 1.87. The number of hydrogen-bond donors (Lipinski definition) is 1. The fourth-order valence-electron chi connectivity index (χ4n) is 1.93. The van der Waals surface area contributed by atoms with E-state index in [1.54, 1.807) is 0 Å². The number of nitrogens with zero attached hydrogens (tertiary/aromatic N) is 2. The van der Waals surface area contributed by atoms with Gasteiger partial charge in [-0.25, -0.2) is 0 Å². The molecule has 1 unspecified atom stereocenters. The minimum atomic E-state index is -0.473. The molecule has 0 aromatic carbocycles. The zero-order valence-corrected chi connectivity index (χ0v) is 9.46. The summed E-state index contributed by atoms with van der Waals surface area (Å²) in [4.78, 5) is 14.0. The standard InChI is InChI=1S/C11H15N3O3/c15-14(16)10-8-13-5-2-11(10)17-6-3-9-1-4-12-7-9/h2,5,8-9,12H,1,3-4,6-7H2. The van der Waals surface area contributed by atoms with Crippen LogP contribution in [0.2, 0.25) is 0 Å². The Morgan fingerprint density at radius 2 is 2.53 bits per heavy atom. The molecule has 2 heterocycles. The normalized spacial score (nSPS) is 19.2. The number of aromatic nitrogens is 1. The summed E-state index contributed by atoms with van der Waals surface area (Å²) in [6.45, 7) is 2.58. The molecule has 0 bridgehead atoms. The van der Waals surface area contributed by atoms with Crippen molar-refractivity contribution in [2.75, 3.05) is 19.7 Å². The predicted octanol–water partition coefficient (Wildman–Crippen LogP) is 1.37. The lowest BCUT2D eigenvalue weighted by molar-refractivity contribution is -0.386. The first-order chi connectivity index (χ1) is 8.27. The van der Waals surface area contributed by atoms with Gasteiger partial charge in [0.25, 0.3) is 0 Å². The molecule has 1 aromatic heterocycles. The Morgan fingerprint density at radius 3 is 3.24 bits per heavy atom. The van der Waals surface area contributed by atoms with Gasteiger partial charge >= 0.3 is 5.69 Å². The van der Waals surface area contributed by atoms with E-state index in [-0.39, 0.29) is 5.69 Å². The van der Waals surface area contributed by atoms with Crippen LogP contribution in [0, 0.1) is 16.0 Å². The van der Waals surface area contributed by atoms with Crippen LogP contribution in [0.15, 0.2) is 18.5 Å². The molecular formula is C11H15N3O3. The second kappa shape index (κ2) is 5.58. The van der Waals surface area contributed by atoms with Crippen molar-refractivity contribution in [1.29, 1.82) is 0 Å². The SMILES string of the molecule is O=[N+]([O-])c1cnccc1OCCC1CCNC1. The van der Waals surface area contributed by atoms with Gasteiger partial charge in [-0.2, -0.15) is 0 Å². The van der Waals surface area contributed by atoms with Gasteiger partial charge in [-0.3, -0.25) is 15.1 Å². The molecule has 0 spiro atoms. The van der Waals surface area contributed by atoms with E-state index in [0.29, 0.717) is 18.3 Å². The molecule has 0 saturated carbocycles. The van der Waals surface area contributed by atoms with E-state index in [0.717, 1.165) is 25.9 Å². The fourth-order valence-corrected chi connectivity index (χ4v) is 1.93. The highest BCUT2D eigenvalue weighted by Gasteiger charge is 2.17. The molecule has 1 aromatic rings. The smallest absolute Gasteiger partial charge is 0.329 e. The zero-order valence-electron chi connectivity index (χ0n) is 9.46. The molecular weight excluding hydrogens is 222 g/mol. The van der Waals surface area contributed by atoms with Crippen LogP contribution >= 0.6 is 0 Å². The van der Waals surface area contributed by atoms with E-state index in [1.807, 2.05) is 0 Å². The second-order valence-corrected chi connectivity index (χ2v) is 4.10. The third-order valence-corrected chi connectivity index (χ3v) is 2.90. The van der Waals surface area contributed by atoms with Crippen molar-refractivity contribution >= 4 is 5.69 Å². The first-order valence-electron chi connectivity index (χ1n) is 5.69. The van der Waals surface area contributed by atoms with E-state index in [9.17, 15) is 10.1 Å². The Labute approximate surface area is 99.2 Å². The molecule has 0 radical (unpaired) electrons. The van der Waals surface area contributed by atoms with Crippen LogP contribution in [0.1, 0.15) is 12.8 Å². The molecule has 17 heavy (non-hydrogen) atoms. The minimum Gasteiger partial charge on any atom is -0.487 e. The van der Waals surface area contributed by atoms with Crippen LogP contribution in [-0.4, -0.2) is 29.6 Å². The van der Waals surface area contributed by atoms with Crippen LogP contribution in [-0.2, 0) is 0 Å². The average molecular weight is 237 g/mol. The number of nitro groups is 1. The summed E-state index contributed by atoms with van der Waals surface area (Å²) < 4.78 is 5.45. The zero-order chi connectivity index (χ0) is 12.1. The van der Waals surface area contributed by atoms with Crippen LogP contribution < -0.4 is 10.1 Å². The first-order valence-corrected chi connectivity index (χ1v) is 5.69. The van der Waals surface area contributed by atoms with Crippen molar-refractivity contribution in [2.45, 2.75) is 12.8 Å². The average Bonchev–Trinajstić information content (AvgIpc) is 2.82. The molecule has 6 heteroatoms. The lowest BCUT2D eigenvalue weighted by Gasteiger charge is -2.09. The Morgan fingerprint density at radius 1 is 1.65 bits per heavy atom. The molecule has 1 fully saturated rings. The highest BCUT2D eigenvalue weighted by molar-refractivity contribution is 5.42. The summed E-state index contributed by atoms with van der Waals surface area (Å²) in [7, 11) is 0. The maximum absolute atomic E-state index is 10.7. The molecule has 0 amide bonds. The largest absolute Gasteiger partial charge is 0.487 e. The molecule has 1 aliphatic rings. The molecule has 1 atom stereocenters. The van der Waals surface area contributed by atoms with E-state index in [4.69, 9.17) is 4.74 Å². The molecule has 1 N–H and O–H groups in total. The molecule has 1 aliphatic heterocycles. The van der Waals surface area contributed by atoms with Gasteiger partial charge in [-0.15, -0.1) is 0 Å². The summed E-state index contributed by atoms with van der Waals surface area (Å²) in [5.41, 5.74) is -0.0722. The van der Waals surface area contributed by atoms with Gasteiger partial charge in [-0.05, 0) is 31.8 Å². The Kier molecular flexibility index (Phi) is 3.87. The van der Waals surface area contributed by atoms with Crippen LogP contribution in [0.5, 0.6) is 5.75 Å². The molecule has 1 saturated heterocycles. The Bertz CT molecular complexity index is 391. The molecule has 0 aliphatic carbocycles. The van der Waals surface area contributed by atoms with Gasteiger partial charge in [0.05, 0.1) is 11.5 Å². The third-order valence-electron chi connectivity index (χ3n) is 2.90. The summed E-state index contributed by atoms with van der Waals surface area (Å²) in [5.74, 6) is 0.923. The van der Waals surface area contributed by atoms with E-state index in [1.165, 1.54) is 18.5 Å². The van der Waals surface area contributed by atoms with Crippen LogP contribution in [0.4, 0.5) is 5.69 Å². The van der Waals surface area contributed by atoms with Gasteiger partial charge in [0.15, 0.2) is 5.75 Å². The van der Waals surface area contributed by atoms with Gasteiger partial charge in [-0.1, -0.05) is 0 Å². The maximum Gasteiger partial charge on any atom is 0.329 e. The number of ether oxygens (including phenoxy) is 1. The number of hydrogen-bond acceptors (Lipinski definition) is 5. The first kappa shape index (κ1) is 11.8. The fraction of sp³-hybridized carbons (Fsp3) is 0.545. The molecule has 2 rings (SSSR count). The van der Waals surface area contributed by atoms with Crippen molar-refractivity contribution in [3.63, 3.8) is 0 Å². The highest BCUT2D eigenvalue weighted by atomic mass is 16.6. The van der Waals surface area contributed by atoms with Crippen LogP contribution in [0.3, 0.4) is 0 Å². The van der Waals surface area contributed by atoms with E-state index < -0.39 is 4.92 Å². The van der Waals surface area contributed by atoms with Gasteiger partial charge < -0.3 is 10.1 Å². The van der Waals surface area contributed by atoms with E-state index in [2.05, 4.69) is 10.3 Å². The minimum absolute atomic E-state index is 0.0722. The van der Waals surface area contributed by atoms with Crippen molar-refractivity contribution in [2.24, 2.45) is 5.92 Å². The summed E-state index contributed by atoms with van der Waals surface area (Å²) >= 11 is 0. The van der Waals surface area contributed by atoms with Crippen LogP contribution in [0.25, 0.3) is 0 Å².